The lowest BCUT2D eigenvalue weighted by molar-refractivity contribution is -0.120. The summed E-state index contributed by atoms with van der Waals surface area (Å²) in [5.41, 5.74) is 7.49. The molecule has 0 radical (unpaired) electrons. The number of aromatic nitrogens is 2. The van der Waals surface area contributed by atoms with Gasteiger partial charge in [-0.3, -0.25) is 9.48 Å². The molecule has 5 heteroatoms. The van der Waals surface area contributed by atoms with Crippen LogP contribution in [-0.4, -0.2) is 21.6 Å². The molecule has 2 N–H and O–H groups in total. The van der Waals surface area contributed by atoms with E-state index < -0.39 is 6.04 Å². The molecule has 1 heterocycles. The van der Waals surface area contributed by atoms with Gasteiger partial charge in [-0.05, 0) is 19.8 Å². The third-order valence-electron chi connectivity index (χ3n) is 3.42. The van der Waals surface area contributed by atoms with Crippen LogP contribution in [0.2, 0.25) is 5.02 Å². The number of hydrogen-bond donors (Lipinski definition) is 1. The summed E-state index contributed by atoms with van der Waals surface area (Å²) in [5, 5.41) is 4.88. The Morgan fingerprint density at radius 3 is 2.61 bits per heavy atom. The molecule has 102 valence electrons. The van der Waals surface area contributed by atoms with Crippen molar-refractivity contribution in [2.24, 2.45) is 11.7 Å². The SMILES string of the molecule is CCC(C)C(N)C(=O)Cc1c(Cl)c(C)nn1CC. The van der Waals surface area contributed by atoms with Gasteiger partial charge in [0.25, 0.3) is 0 Å². The van der Waals surface area contributed by atoms with Gasteiger partial charge < -0.3 is 5.73 Å². The second kappa shape index (κ2) is 6.34. The highest BCUT2D eigenvalue weighted by Gasteiger charge is 2.23. The first-order valence-electron chi connectivity index (χ1n) is 6.42. The first kappa shape index (κ1) is 15.2. The Kier molecular flexibility index (Phi) is 5.35. The topological polar surface area (TPSA) is 60.9 Å². The maximum Gasteiger partial charge on any atom is 0.155 e. The smallest absolute Gasteiger partial charge is 0.155 e. The summed E-state index contributed by atoms with van der Waals surface area (Å²) in [6.45, 7) is 8.55. The summed E-state index contributed by atoms with van der Waals surface area (Å²) in [5.74, 6) is 0.219. The minimum absolute atomic E-state index is 0.0286. The lowest BCUT2D eigenvalue weighted by Gasteiger charge is -2.17. The average molecular weight is 272 g/mol. The molecule has 1 rings (SSSR count). The van der Waals surface area contributed by atoms with Crippen molar-refractivity contribution in [2.75, 3.05) is 0 Å². The molecule has 0 spiro atoms. The van der Waals surface area contributed by atoms with E-state index in [1.54, 1.807) is 4.68 Å². The number of carbonyl (C=O) groups is 1. The Bertz CT molecular complexity index is 428. The highest BCUT2D eigenvalue weighted by atomic mass is 35.5. The van der Waals surface area contributed by atoms with Crippen LogP contribution in [0.1, 0.15) is 38.6 Å². The molecular weight excluding hydrogens is 250 g/mol. The molecule has 1 aromatic rings. The van der Waals surface area contributed by atoms with E-state index in [4.69, 9.17) is 17.3 Å². The fraction of sp³-hybridized carbons (Fsp3) is 0.692. The predicted molar refractivity (Wildman–Crippen MR) is 73.8 cm³/mol. The van der Waals surface area contributed by atoms with Gasteiger partial charge in [-0.15, -0.1) is 0 Å². The van der Waals surface area contributed by atoms with Crippen molar-refractivity contribution in [1.29, 1.82) is 0 Å². The third kappa shape index (κ3) is 3.12. The zero-order chi connectivity index (χ0) is 13.9. The Balaban J connectivity index is 2.88. The van der Waals surface area contributed by atoms with Crippen LogP contribution in [0.4, 0.5) is 0 Å². The number of hydrogen-bond acceptors (Lipinski definition) is 3. The Morgan fingerprint density at radius 2 is 2.11 bits per heavy atom. The molecule has 1 aromatic heterocycles. The van der Waals surface area contributed by atoms with Crippen molar-refractivity contribution in [3.8, 4) is 0 Å². The molecule has 0 aromatic carbocycles. The van der Waals surface area contributed by atoms with Crippen LogP contribution in [0.3, 0.4) is 0 Å². The molecule has 0 saturated carbocycles. The molecule has 0 bridgehead atoms. The van der Waals surface area contributed by atoms with Crippen LogP contribution in [0.15, 0.2) is 0 Å². The quantitative estimate of drug-likeness (QED) is 0.864. The largest absolute Gasteiger partial charge is 0.321 e. The van der Waals surface area contributed by atoms with Crippen molar-refractivity contribution in [1.82, 2.24) is 9.78 Å². The Hall–Kier alpha value is -0.870. The van der Waals surface area contributed by atoms with Crippen molar-refractivity contribution >= 4 is 17.4 Å². The number of Topliss-reactive ketones (excluding diaryl/α,β-unsaturated/α-hetero) is 1. The van der Waals surface area contributed by atoms with Gasteiger partial charge >= 0.3 is 0 Å². The predicted octanol–water partition coefficient (Wildman–Crippen LogP) is 2.35. The van der Waals surface area contributed by atoms with Crippen LogP contribution < -0.4 is 5.73 Å². The summed E-state index contributed by atoms with van der Waals surface area (Å²) in [4.78, 5) is 12.1. The van der Waals surface area contributed by atoms with Gasteiger partial charge in [0.2, 0.25) is 0 Å². The van der Waals surface area contributed by atoms with E-state index >= 15 is 0 Å². The molecule has 4 nitrogen and oxygen atoms in total. The lowest BCUT2D eigenvalue weighted by Crippen LogP contribution is -2.38. The Labute approximate surface area is 113 Å². The van der Waals surface area contributed by atoms with Gasteiger partial charge in [-0.25, -0.2) is 0 Å². The van der Waals surface area contributed by atoms with Crippen molar-refractivity contribution in [3.05, 3.63) is 16.4 Å². The van der Waals surface area contributed by atoms with Crippen LogP contribution in [0.5, 0.6) is 0 Å². The molecule has 0 aliphatic heterocycles. The molecule has 2 unspecified atom stereocenters. The first-order chi connectivity index (χ1) is 8.42. The fourth-order valence-electron chi connectivity index (χ4n) is 1.89. The van der Waals surface area contributed by atoms with E-state index in [1.165, 1.54) is 0 Å². The number of nitrogens with zero attached hydrogens (tertiary/aromatic N) is 2. The maximum absolute atomic E-state index is 12.1. The van der Waals surface area contributed by atoms with E-state index in [2.05, 4.69) is 5.10 Å². The fourth-order valence-corrected chi connectivity index (χ4v) is 2.09. The van der Waals surface area contributed by atoms with Gasteiger partial charge in [0.05, 0.1) is 28.9 Å². The molecule has 0 saturated heterocycles. The van der Waals surface area contributed by atoms with Gasteiger partial charge in [0.1, 0.15) is 0 Å². The average Bonchev–Trinajstić information content (AvgIpc) is 2.64. The minimum atomic E-state index is -0.424. The third-order valence-corrected chi connectivity index (χ3v) is 3.91. The van der Waals surface area contributed by atoms with E-state index in [-0.39, 0.29) is 18.1 Å². The molecule has 0 fully saturated rings. The van der Waals surface area contributed by atoms with Crippen LogP contribution in [0, 0.1) is 12.8 Å². The highest BCUT2D eigenvalue weighted by molar-refractivity contribution is 6.32. The maximum atomic E-state index is 12.1. The normalized spacial score (nSPS) is 14.6. The molecule has 0 aliphatic carbocycles. The van der Waals surface area contributed by atoms with Gasteiger partial charge in [-0.2, -0.15) is 5.10 Å². The molecule has 18 heavy (non-hydrogen) atoms. The summed E-state index contributed by atoms with van der Waals surface area (Å²) in [6, 6.07) is -0.424. The number of rotatable bonds is 6. The van der Waals surface area contributed by atoms with Gasteiger partial charge in [0, 0.05) is 6.54 Å². The second-order valence-corrected chi connectivity index (χ2v) is 5.09. The Morgan fingerprint density at radius 1 is 1.50 bits per heavy atom. The van der Waals surface area contributed by atoms with Crippen LogP contribution in [0.25, 0.3) is 0 Å². The van der Waals surface area contributed by atoms with Gasteiger partial charge in [0.15, 0.2) is 5.78 Å². The van der Waals surface area contributed by atoms with E-state index in [9.17, 15) is 4.79 Å². The number of aryl methyl sites for hydroxylation is 2. The van der Waals surface area contributed by atoms with E-state index in [0.29, 0.717) is 11.6 Å². The van der Waals surface area contributed by atoms with Crippen molar-refractivity contribution in [2.45, 2.75) is 53.1 Å². The lowest BCUT2D eigenvalue weighted by atomic mass is 9.94. The molecule has 2 atom stereocenters. The summed E-state index contributed by atoms with van der Waals surface area (Å²) < 4.78 is 1.78. The summed E-state index contributed by atoms with van der Waals surface area (Å²) in [6.07, 6.45) is 1.16. The molecule has 0 amide bonds. The number of nitrogens with two attached hydrogens (primary N) is 1. The van der Waals surface area contributed by atoms with Gasteiger partial charge in [-0.1, -0.05) is 31.9 Å². The number of halogens is 1. The zero-order valence-corrected chi connectivity index (χ0v) is 12.3. The zero-order valence-electron chi connectivity index (χ0n) is 11.5. The monoisotopic (exact) mass is 271 g/mol. The molecular formula is C13H22ClN3O. The standard InChI is InChI=1S/C13H22ClN3O/c1-5-8(3)13(15)11(18)7-10-12(14)9(4)16-17(10)6-2/h8,13H,5-7,15H2,1-4H3. The van der Waals surface area contributed by atoms with Crippen LogP contribution in [-0.2, 0) is 17.8 Å². The second-order valence-electron chi connectivity index (χ2n) is 4.72. The minimum Gasteiger partial charge on any atom is -0.321 e. The summed E-state index contributed by atoms with van der Waals surface area (Å²) in [7, 11) is 0. The number of carbonyl (C=O) groups excluding carboxylic acids is 1. The first-order valence-corrected chi connectivity index (χ1v) is 6.80. The highest BCUT2D eigenvalue weighted by Crippen LogP contribution is 2.22. The summed E-state index contributed by atoms with van der Waals surface area (Å²) >= 11 is 6.18. The van der Waals surface area contributed by atoms with Crippen molar-refractivity contribution < 1.29 is 4.79 Å². The van der Waals surface area contributed by atoms with Crippen LogP contribution >= 0.6 is 11.6 Å². The van der Waals surface area contributed by atoms with E-state index in [0.717, 1.165) is 17.8 Å². The van der Waals surface area contributed by atoms with Crippen molar-refractivity contribution in [3.63, 3.8) is 0 Å². The van der Waals surface area contributed by atoms with E-state index in [1.807, 2.05) is 27.7 Å². The number of ketones is 1. The molecule has 0 aliphatic rings.